The number of amides is 1. The van der Waals surface area contributed by atoms with Crippen LogP contribution in [0.5, 0.6) is 5.88 Å². The zero-order valence-corrected chi connectivity index (χ0v) is 13.8. The second kappa shape index (κ2) is 7.37. The fraction of sp³-hybridized carbons (Fsp3) is 0.143. The normalized spacial score (nSPS) is 11.8. The van der Waals surface area contributed by atoms with Crippen molar-refractivity contribution in [2.45, 2.75) is 17.3 Å². The van der Waals surface area contributed by atoms with Gasteiger partial charge in [-0.05, 0) is 25.1 Å². The van der Waals surface area contributed by atoms with Gasteiger partial charge in [0.2, 0.25) is 11.8 Å². The molecular weight excluding hydrogens is 358 g/mol. The van der Waals surface area contributed by atoms with E-state index in [0.717, 1.165) is 17.8 Å². The highest BCUT2D eigenvalue weighted by Crippen LogP contribution is 2.23. The smallest absolute Gasteiger partial charge is 0.337 e. The molecule has 2 rings (SSSR count). The fourth-order valence-electron chi connectivity index (χ4n) is 1.71. The monoisotopic (exact) mass is 369 g/mol. The summed E-state index contributed by atoms with van der Waals surface area (Å²) in [4.78, 5) is 40.5. The molecule has 0 aliphatic rings. The van der Waals surface area contributed by atoms with Crippen molar-refractivity contribution < 1.29 is 19.8 Å². The lowest BCUT2D eigenvalue weighted by molar-refractivity contribution is -0.115. The molecule has 0 aliphatic heterocycles. The number of nitrogens with one attached hydrogen (secondary N) is 2. The maximum Gasteiger partial charge on any atom is 0.337 e. The van der Waals surface area contributed by atoms with Crippen LogP contribution in [0.25, 0.3) is 0 Å². The average Bonchev–Trinajstić information content (AvgIpc) is 2.47. The van der Waals surface area contributed by atoms with Gasteiger partial charge in [-0.1, -0.05) is 23.4 Å². The lowest BCUT2D eigenvalue weighted by atomic mass is 10.2. The van der Waals surface area contributed by atoms with Crippen LogP contribution in [0.1, 0.15) is 17.3 Å². The average molecular weight is 370 g/mol. The van der Waals surface area contributed by atoms with E-state index < -0.39 is 28.6 Å². The molecule has 1 aromatic heterocycles. The molecule has 0 bridgehead atoms. The number of aromatic nitrogens is 2. The van der Waals surface area contributed by atoms with Crippen LogP contribution < -0.4 is 10.9 Å². The van der Waals surface area contributed by atoms with E-state index in [1.54, 1.807) is 6.92 Å². The SMILES string of the molecule is CC(Sc1nc(O)cc(=O)[nH]1)C(=O)Nc1ccc(Cl)c(C(=O)O)c1. The summed E-state index contributed by atoms with van der Waals surface area (Å²) in [5.74, 6) is -2.10. The molecule has 0 radical (unpaired) electrons. The highest BCUT2D eigenvalue weighted by atomic mass is 35.5. The molecule has 4 N–H and O–H groups in total. The quantitative estimate of drug-likeness (QED) is 0.467. The zero-order valence-electron chi connectivity index (χ0n) is 12.2. The van der Waals surface area contributed by atoms with Crippen LogP contribution in [-0.2, 0) is 4.79 Å². The largest absolute Gasteiger partial charge is 0.493 e. The Hall–Kier alpha value is -2.52. The Labute approximate surface area is 144 Å². The van der Waals surface area contributed by atoms with Gasteiger partial charge in [0.1, 0.15) is 0 Å². The number of carboxylic acid groups (broad SMARTS) is 1. The first kappa shape index (κ1) is 17.8. The number of carbonyl (C=O) groups is 2. The lowest BCUT2D eigenvalue weighted by Crippen LogP contribution is -2.23. The van der Waals surface area contributed by atoms with Crippen molar-refractivity contribution in [3.8, 4) is 5.88 Å². The molecule has 0 spiro atoms. The first-order chi connectivity index (χ1) is 11.3. The predicted molar refractivity (Wildman–Crippen MR) is 88.9 cm³/mol. The Kier molecular flexibility index (Phi) is 5.47. The van der Waals surface area contributed by atoms with Gasteiger partial charge < -0.3 is 20.5 Å². The number of anilines is 1. The van der Waals surface area contributed by atoms with Crippen molar-refractivity contribution in [1.82, 2.24) is 9.97 Å². The van der Waals surface area contributed by atoms with Crippen molar-refractivity contribution in [3.63, 3.8) is 0 Å². The van der Waals surface area contributed by atoms with Crippen molar-refractivity contribution in [2.75, 3.05) is 5.32 Å². The van der Waals surface area contributed by atoms with Crippen molar-refractivity contribution in [1.29, 1.82) is 0 Å². The molecule has 1 atom stereocenters. The third-order valence-corrected chi connectivity index (χ3v) is 4.14. The Morgan fingerprint density at radius 1 is 1.38 bits per heavy atom. The van der Waals surface area contributed by atoms with Gasteiger partial charge in [-0.2, -0.15) is 4.98 Å². The first-order valence-electron chi connectivity index (χ1n) is 6.57. The molecule has 10 heteroatoms. The number of aromatic hydroxyl groups is 1. The third kappa shape index (κ3) is 4.49. The summed E-state index contributed by atoms with van der Waals surface area (Å²) in [5, 5.41) is 20.3. The Morgan fingerprint density at radius 2 is 2.08 bits per heavy atom. The second-order valence-corrected chi connectivity index (χ2v) is 6.39. The maximum atomic E-state index is 12.2. The van der Waals surface area contributed by atoms with E-state index in [4.69, 9.17) is 16.7 Å². The first-order valence-corrected chi connectivity index (χ1v) is 7.82. The van der Waals surface area contributed by atoms with Gasteiger partial charge in [-0.25, -0.2) is 4.79 Å². The van der Waals surface area contributed by atoms with Crippen LogP contribution in [0, 0.1) is 0 Å². The molecule has 1 unspecified atom stereocenters. The number of aromatic carboxylic acids is 1. The molecule has 24 heavy (non-hydrogen) atoms. The predicted octanol–water partition coefficient (Wildman–Crippen LogP) is 1.95. The number of carboxylic acids is 1. The van der Waals surface area contributed by atoms with Crippen molar-refractivity contribution >= 4 is 40.9 Å². The summed E-state index contributed by atoms with van der Waals surface area (Å²) in [6.07, 6.45) is 0. The van der Waals surface area contributed by atoms with Crippen molar-refractivity contribution in [3.05, 3.63) is 45.2 Å². The van der Waals surface area contributed by atoms with E-state index in [1.165, 1.54) is 18.2 Å². The topological polar surface area (TPSA) is 132 Å². The molecule has 1 heterocycles. The highest BCUT2D eigenvalue weighted by molar-refractivity contribution is 8.00. The maximum absolute atomic E-state index is 12.2. The van der Waals surface area contributed by atoms with Gasteiger partial charge in [-0.3, -0.25) is 9.59 Å². The number of hydrogen-bond donors (Lipinski definition) is 4. The van der Waals surface area contributed by atoms with Gasteiger partial charge in [0.15, 0.2) is 5.16 Å². The summed E-state index contributed by atoms with van der Waals surface area (Å²) in [5.41, 5.74) is -0.401. The summed E-state index contributed by atoms with van der Waals surface area (Å²) in [6.45, 7) is 1.57. The lowest BCUT2D eigenvalue weighted by Gasteiger charge is -2.12. The van der Waals surface area contributed by atoms with E-state index in [-0.39, 0.29) is 21.4 Å². The number of hydrogen-bond acceptors (Lipinski definition) is 6. The number of rotatable bonds is 5. The molecule has 1 aromatic carbocycles. The number of carbonyl (C=O) groups excluding carboxylic acids is 1. The standard InChI is InChI=1S/C14H12ClN3O5S/c1-6(24-14-17-10(19)5-11(20)18-14)12(21)16-7-2-3-9(15)8(4-7)13(22)23/h2-6H,1H3,(H,16,21)(H,22,23)(H2,17,18,19,20). The Bertz CT molecular complexity index is 855. The fourth-order valence-corrected chi connectivity index (χ4v) is 2.72. The minimum Gasteiger partial charge on any atom is -0.493 e. The molecular formula is C14H12ClN3O5S. The number of thioether (sulfide) groups is 1. The molecule has 0 saturated carbocycles. The summed E-state index contributed by atoms with van der Waals surface area (Å²) in [7, 11) is 0. The summed E-state index contributed by atoms with van der Waals surface area (Å²) in [6, 6.07) is 5.00. The number of H-pyrrole nitrogens is 1. The van der Waals surface area contributed by atoms with E-state index in [1.807, 2.05) is 0 Å². The summed E-state index contributed by atoms with van der Waals surface area (Å²) >= 11 is 6.70. The van der Waals surface area contributed by atoms with Crippen LogP contribution in [0.3, 0.4) is 0 Å². The van der Waals surface area contributed by atoms with E-state index in [0.29, 0.717) is 0 Å². The highest BCUT2D eigenvalue weighted by Gasteiger charge is 2.18. The molecule has 2 aromatic rings. The molecule has 126 valence electrons. The van der Waals surface area contributed by atoms with Crippen LogP contribution in [0.15, 0.2) is 34.2 Å². The number of halogens is 1. The molecule has 0 saturated heterocycles. The van der Waals surface area contributed by atoms with Crippen LogP contribution in [0.4, 0.5) is 5.69 Å². The molecule has 0 aliphatic carbocycles. The van der Waals surface area contributed by atoms with E-state index in [2.05, 4.69) is 15.3 Å². The Balaban J connectivity index is 2.10. The number of nitrogens with zero attached hydrogens (tertiary/aromatic N) is 1. The van der Waals surface area contributed by atoms with E-state index in [9.17, 15) is 19.5 Å². The zero-order chi connectivity index (χ0) is 17.9. The van der Waals surface area contributed by atoms with Gasteiger partial charge >= 0.3 is 5.97 Å². The number of benzene rings is 1. The van der Waals surface area contributed by atoms with Crippen molar-refractivity contribution in [2.24, 2.45) is 0 Å². The minimum atomic E-state index is -1.21. The minimum absolute atomic E-state index is 0.0597. The van der Waals surface area contributed by atoms with Crippen LogP contribution in [-0.4, -0.2) is 37.3 Å². The van der Waals surface area contributed by atoms with Crippen LogP contribution >= 0.6 is 23.4 Å². The molecule has 8 nitrogen and oxygen atoms in total. The second-order valence-electron chi connectivity index (χ2n) is 4.66. The number of aromatic amines is 1. The van der Waals surface area contributed by atoms with E-state index >= 15 is 0 Å². The van der Waals surface area contributed by atoms with Gasteiger partial charge in [0.05, 0.1) is 21.9 Å². The van der Waals surface area contributed by atoms with Gasteiger partial charge in [0.25, 0.3) is 5.56 Å². The molecule has 0 fully saturated rings. The molecule has 1 amide bonds. The van der Waals surface area contributed by atoms with Gasteiger partial charge in [-0.15, -0.1) is 0 Å². The third-order valence-electron chi connectivity index (χ3n) is 2.83. The van der Waals surface area contributed by atoms with Crippen LogP contribution in [0.2, 0.25) is 5.02 Å². The summed E-state index contributed by atoms with van der Waals surface area (Å²) < 4.78 is 0. The van der Waals surface area contributed by atoms with Gasteiger partial charge in [0, 0.05) is 5.69 Å². The Morgan fingerprint density at radius 3 is 2.71 bits per heavy atom.